The van der Waals surface area contributed by atoms with E-state index in [4.69, 9.17) is 9.72 Å². The van der Waals surface area contributed by atoms with E-state index in [0.717, 1.165) is 53.9 Å². The minimum Gasteiger partial charge on any atom is -0.478 e. The zero-order chi connectivity index (χ0) is 30.0. The first kappa shape index (κ1) is 29.4. The van der Waals surface area contributed by atoms with Crippen molar-refractivity contribution in [2.24, 2.45) is 7.05 Å². The third-order valence-electron chi connectivity index (χ3n) is 7.45. The molecule has 1 aliphatic rings. The Morgan fingerprint density at radius 3 is 2.69 bits per heavy atom. The highest BCUT2D eigenvalue weighted by Crippen LogP contribution is 2.33. The largest absolute Gasteiger partial charge is 0.478 e. The van der Waals surface area contributed by atoms with Crippen molar-refractivity contribution in [3.8, 4) is 17.1 Å². The van der Waals surface area contributed by atoms with Gasteiger partial charge >= 0.3 is 0 Å². The van der Waals surface area contributed by atoms with Gasteiger partial charge in [-0.15, -0.1) is 5.10 Å². The van der Waals surface area contributed by atoms with E-state index < -0.39 is 5.60 Å². The molecule has 1 unspecified atom stereocenters. The Balaban J connectivity index is 1.34. The summed E-state index contributed by atoms with van der Waals surface area (Å²) in [7, 11) is 3.38. The van der Waals surface area contributed by atoms with E-state index in [1.807, 2.05) is 47.0 Å². The van der Waals surface area contributed by atoms with Gasteiger partial charge in [0, 0.05) is 69.3 Å². The second-order valence-corrected chi connectivity index (χ2v) is 11.4. The Kier molecular flexibility index (Phi) is 8.43. The lowest BCUT2D eigenvalue weighted by molar-refractivity contribution is -0.122. The maximum atomic E-state index is 13.5. The molecule has 4 N–H and O–H groups in total. The molecule has 13 heteroatoms. The number of H-pyrrole nitrogens is 1. The van der Waals surface area contributed by atoms with Gasteiger partial charge in [0.25, 0.3) is 5.88 Å². The molecule has 0 spiro atoms. The van der Waals surface area contributed by atoms with E-state index in [0.29, 0.717) is 36.3 Å². The number of rotatable bonds is 10. The Hall–Kier alpha value is -4.07. The van der Waals surface area contributed by atoms with Gasteiger partial charge in [0.2, 0.25) is 11.9 Å². The quantitative estimate of drug-likeness (QED) is 0.222. The predicted molar refractivity (Wildman–Crippen MR) is 162 cm³/mol. The summed E-state index contributed by atoms with van der Waals surface area (Å²) < 4.78 is 6.99. The number of amides is 1. The number of pyridine rings is 1. The molecule has 0 saturated carbocycles. The van der Waals surface area contributed by atoms with E-state index in [9.17, 15) is 9.90 Å². The van der Waals surface area contributed by atoms with Crippen molar-refractivity contribution in [3.63, 3.8) is 0 Å². The molecule has 1 aliphatic heterocycles. The summed E-state index contributed by atoms with van der Waals surface area (Å²) in [5.74, 6) is 1.25. The number of nitrogens with zero attached hydrogens (tertiary/aromatic N) is 7. The van der Waals surface area contributed by atoms with Crippen molar-refractivity contribution < 1.29 is 14.6 Å². The number of aryl methyl sites for hydroxylation is 2. The van der Waals surface area contributed by atoms with Crippen molar-refractivity contribution in [3.05, 3.63) is 36.4 Å². The molecule has 13 nitrogen and oxygen atoms in total. The summed E-state index contributed by atoms with van der Waals surface area (Å²) in [6, 6.07) is 1.64. The number of piperazine rings is 1. The number of nitrogens with one attached hydrogen (secondary N) is 3. The van der Waals surface area contributed by atoms with Crippen molar-refractivity contribution in [2.45, 2.75) is 45.8 Å². The van der Waals surface area contributed by atoms with Crippen LogP contribution in [0.15, 0.2) is 30.9 Å². The Morgan fingerprint density at radius 2 is 2.00 bits per heavy atom. The molecule has 0 aliphatic carbocycles. The molecule has 0 aromatic carbocycles. The van der Waals surface area contributed by atoms with Gasteiger partial charge in [-0.2, -0.15) is 0 Å². The van der Waals surface area contributed by atoms with E-state index >= 15 is 0 Å². The first-order valence-corrected chi connectivity index (χ1v) is 14.2. The number of carbonyl (C=O) groups excluding carboxylic acids is 1. The number of hydrogen-bond acceptors (Lipinski definition) is 10. The Labute approximate surface area is 245 Å². The van der Waals surface area contributed by atoms with Crippen molar-refractivity contribution in [1.29, 1.82) is 0 Å². The molecule has 0 bridgehead atoms. The maximum absolute atomic E-state index is 13.5. The second-order valence-electron chi connectivity index (χ2n) is 11.4. The van der Waals surface area contributed by atoms with E-state index in [-0.39, 0.29) is 11.9 Å². The molecule has 1 saturated heterocycles. The monoisotopic (exact) mass is 576 g/mol. The van der Waals surface area contributed by atoms with Crippen LogP contribution in [0.25, 0.3) is 22.2 Å². The molecule has 4 aromatic heterocycles. The number of anilines is 3. The molecule has 5 rings (SSSR count). The van der Waals surface area contributed by atoms with Crippen LogP contribution in [0.2, 0.25) is 0 Å². The van der Waals surface area contributed by atoms with Crippen LogP contribution in [0.3, 0.4) is 0 Å². The van der Waals surface area contributed by atoms with Gasteiger partial charge in [0.1, 0.15) is 5.69 Å². The minimum absolute atomic E-state index is 0.0836. The summed E-state index contributed by atoms with van der Waals surface area (Å²) in [5.41, 5.74) is 3.17. The molecule has 1 amide bonds. The number of aliphatic hydroxyl groups is 1. The fourth-order valence-electron chi connectivity index (χ4n) is 5.53. The molecule has 1 atom stereocenters. The fraction of sp³-hybridized carbons (Fsp3) is 0.483. The van der Waals surface area contributed by atoms with Crippen LogP contribution in [0.1, 0.15) is 32.8 Å². The number of aromatic nitrogens is 6. The summed E-state index contributed by atoms with van der Waals surface area (Å²) in [4.78, 5) is 35.0. The standard InChI is InChI=1S/C29H40N10O3/c1-7-22(39-12-10-38(11-13-39)17-29(3,4)41)26(40)35-25-24-19(8-9-30-25)20(15-31-24)23-18(2)14-32-28(34-23)33-21-16-37(5)36-27(21)42-6/h8-9,14-16,22,31,41H,7,10-13,17H2,1-6H3,(H,30,35,40)(H,32,33,34). The molecular formula is C29H40N10O3. The second kappa shape index (κ2) is 12.0. The van der Waals surface area contributed by atoms with Gasteiger partial charge in [-0.25, -0.2) is 15.0 Å². The normalized spacial score (nSPS) is 15.6. The van der Waals surface area contributed by atoms with Crippen molar-refractivity contribution >= 4 is 34.3 Å². The van der Waals surface area contributed by atoms with Gasteiger partial charge in [-0.3, -0.25) is 19.3 Å². The molecule has 4 aromatic rings. The number of ether oxygens (including phenoxy) is 1. The predicted octanol–water partition coefficient (Wildman–Crippen LogP) is 2.92. The minimum atomic E-state index is -0.738. The number of fused-ring (bicyclic) bond motifs is 1. The number of aromatic amines is 1. The highest BCUT2D eigenvalue weighted by atomic mass is 16.5. The molecule has 42 heavy (non-hydrogen) atoms. The number of β-amino-alcohol motifs (C(OH)–C–C–N with tert-alkyl or cyclic N) is 1. The van der Waals surface area contributed by atoms with Crippen LogP contribution in [0, 0.1) is 6.92 Å². The first-order valence-electron chi connectivity index (χ1n) is 14.2. The summed E-state index contributed by atoms with van der Waals surface area (Å²) in [5, 5.41) is 21.6. The maximum Gasteiger partial charge on any atom is 0.256 e. The highest BCUT2D eigenvalue weighted by Gasteiger charge is 2.30. The number of methoxy groups -OCH3 is 1. The molecular weight excluding hydrogens is 536 g/mol. The van der Waals surface area contributed by atoms with E-state index in [1.54, 1.807) is 30.4 Å². The lowest BCUT2D eigenvalue weighted by Gasteiger charge is -2.40. The van der Waals surface area contributed by atoms with Crippen LogP contribution >= 0.6 is 0 Å². The van der Waals surface area contributed by atoms with E-state index in [1.165, 1.54) is 0 Å². The van der Waals surface area contributed by atoms with Gasteiger partial charge < -0.3 is 25.5 Å². The van der Waals surface area contributed by atoms with Gasteiger partial charge in [-0.1, -0.05) is 6.92 Å². The lowest BCUT2D eigenvalue weighted by atomic mass is 10.1. The topological polar surface area (TPSA) is 149 Å². The smallest absolute Gasteiger partial charge is 0.256 e. The van der Waals surface area contributed by atoms with E-state index in [2.05, 4.69) is 40.5 Å². The van der Waals surface area contributed by atoms with Gasteiger partial charge in [0.05, 0.1) is 36.2 Å². The summed E-state index contributed by atoms with van der Waals surface area (Å²) in [6.07, 6.45) is 7.82. The molecule has 224 valence electrons. The van der Waals surface area contributed by atoms with Crippen LogP contribution in [-0.4, -0.2) is 102 Å². The van der Waals surface area contributed by atoms with Crippen molar-refractivity contribution in [1.82, 2.24) is 39.5 Å². The zero-order valence-electron chi connectivity index (χ0n) is 25.1. The van der Waals surface area contributed by atoms with Gasteiger partial charge in [0.15, 0.2) is 5.82 Å². The number of carbonyl (C=O) groups is 1. The molecule has 1 fully saturated rings. The molecule has 5 heterocycles. The average molecular weight is 577 g/mol. The zero-order valence-corrected chi connectivity index (χ0v) is 25.1. The average Bonchev–Trinajstić information content (AvgIpc) is 3.53. The van der Waals surface area contributed by atoms with Crippen LogP contribution < -0.4 is 15.4 Å². The third kappa shape index (κ3) is 6.37. The SMILES string of the molecule is CCC(C(=O)Nc1nccc2c(-c3nc(Nc4cn(C)nc4OC)ncc3C)c[nH]c12)N1CCN(CC(C)(C)O)CC1. The summed E-state index contributed by atoms with van der Waals surface area (Å²) in [6.45, 7) is 11.4. The summed E-state index contributed by atoms with van der Waals surface area (Å²) >= 11 is 0. The van der Waals surface area contributed by atoms with Crippen LogP contribution in [-0.2, 0) is 11.8 Å². The fourth-order valence-corrected chi connectivity index (χ4v) is 5.53. The highest BCUT2D eigenvalue weighted by molar-refractivity contribution is 6.05. The van der Waals surface area contributed by atoms with Crippen LogP contribution in [0.5, 0.6) is 5.88 Å². The lowest BCUT2D eigenvalue weighted by Crippen LogP contribution is -2.55. The van der Waals surface area contributed by atoms with Gasteiger partial charge in [-0.05, 0) is 38.8 Å². The van der Waals surface area contributed by atoms with Crippen molar-refractivity contribution in [2.75, 3.05) is 50.5 Å². The molecule has 0 radical (unpaired) electrons. The first-order chi connectivity index (χ1) is 20.1. The third-order valence-corrected chi connectivity index (χ3v) is 7.45. The number of hydrogen-bond donors (Lipinski definition) is 4. The Bertz CT molecular complexity index is 1550. The Morgan fingerprint density at radius 1 is 1.24 bits per heavy atom. The van der Waals surface area contributed by atoms with Crippen LogP contribution in [0.4, 0.5) is 17.5 Å².